The van der Waals surface area contributed by atoms with Crippen molar-refractivity contribution in [3.8, 4) is 0 Å². The van der Waals surface area contributed by atoms with Crippen LogP contribution >= 0.6 is 11.3 Å². The number of H-pyrrole nitrogens is 1. The number of carbonyl (C=O) groups is 1. The summed E-state index contributed by atoms with van der Waals surface area (Å²) in [6.07, 6.45) is 9.86. The molecule has 31 heavy (non-hydrogen) atoms. The molecule has 0 radical (unpaired) electrons. The van der Waals surface area contributed by atoms with Gasteiger partial charge in [-0.15, -0.1) is 11.3 Å². The molecule has 1 saturated heterocycles. The monoisotopic (exact) mass is 438 g/mol. The minimum absolute atomic E-state index is 0.00301. The number of allylic oxidation sites excluding steroid dienone is 2. The fourth-order valence-electron chi connectivity index (χ4n) is 5.13. The van der Waals surface area contributed by atoms with Crippen molar-refractivity contribution in [3.05, 3.63) is 62.0 Å². The quantitative estimate of drug-likeness (QED) is 0.743. The molecule has 1 aliphatic carbocycles. The zero-order valence-corrected chi connectivity index (χ0v) is 18.7. The highest BCUT2D eigenvalue weighted by Crippen LogP contribution is 2.29. The van der Waals surface area contributed by atoms with Crippen molar-refractivity contribution in [2.75, 3.05) is 19.6 Å². The number of likely N-dealkylation sites (tertiary alicyclic amines) is 1. The van der Waals surface area contributed by atoms with Gasteiger partial charge in [-0.05, 0) is 43.6 Å². The molecule has 3 aliphatic rings. The fraction of sp³-hybridized carbons (Fsp3) is 0.542. The minimum Gasteiger partial charge on any atom is -0.342 e. The van der Waals surface area contributed by atoms with E-state index in [1.807, 2.05) is 4.90 Å². The largest absolute Gasteiger partial charge is 0.342 e. The van der Waals surface area contributed by atoms with E-state index in [9.17, 15) is 9.59 Å². The number of hydrogen-bond acceptors (Lipinski definition) is 5. The van der Waals surface area contributed by atoms with E-state index >= 15 is 0 Å². The standard InChI is InChI=1S/C24H30N4O2S/c29-23-20-16-27(15-19-9-5-13-31-19)12-10-21(20)25-22(26-23)18-8-4-11-28(14-18)24(30)17-6-2-1-3-7-17/h1-2,5,9,13,17-18H,3-4,6-8,10-12,14-16H2,(H,25,26,29). The second-order valence-electron chi connectivity index (χ2n) is 9.02. The number of fused-ring (bicyclic) bond motifs is 1. The van der Waals surface area contributed by atoms with E-state index in [0.717, 1.165) is 75.2 Å². The molecule has 1 amide bonds. The van der Waals surface area contributed by atoms with Crippen LogP contribution in [0, 0.1) is 5.92 Å². The van der Waals surface area contributed by atoms with E-state index < -0.39 is 0 Å². The maximum Gasteiger partial charge on any atom is 0.255 e. The van der Waals surface area contributed by atoms with Crippen LogP contribution in [0.15, 0.2) is 34.5 Å². The Morgan fingerprint density at radius 1 is 1.26 bits per heavy atom. The van der Waals surface area contributed by atoms with Gasteiger partial charge in [0.2, 0.25) is 5.91 Å². The number of aromatic nitrogens is 2. The van der Waals surface area contributed by atoms with Crippen LogP contribution in [0.25, 0.3) is 0 Å². The Hall–Kier alpha value is -2.25. The molecule has 2 aromatic rings. The molecule has 164 valence electrons. The van der Waals surface area contributed by atoms with E-state index in [1.165, 1.54) is 4.88 Å². The zero-order chi connectivity index (χ0) is 21.2. The second-order valence-corrected chi connectivity index (χ2v) is 10.1. The molecule has 2 atom stereocenters. The highest BCUT2D eigenvalue weighted by Gasteiger charge is 2.31. The molecule has 6 nitrogen and oxygen atoms in total. The number of piperidine rings is 1. The number of thiophene rings is 1. The van der Waals surface area contributed by atoms with Gasteiger partial charge >= 0.3 is 0 Å². The van der Waals surface area contributed by atoms with Gasteiger partial charge in [0, 0.05) is 55.9 Å². The first-order valence-electron chi connectivity index (χ1n) is 11.5. The van der Waals surface area contributed by atoms with E-state index in [-0.39, 0.29) is 23.3 Å². The molecule has 5 rings (SSSR count). The van der Waals surface area contributed by atoms with E-state index in [2.05, 4.69) is 39.5 Å². The van der Waals surface area contributed by atoms with Crippen LogP contribution in [-0.4, -0.2) is 45.3 Å². The third-order valence-electron chi connectivity index (χ3n) is 6.86. The van der Waals surface area contributed by atoms with E-state index in [4.69, 9.17) is 4.98 Å². The Kier molecular flexibility index (Phi) is 6.05. The third kappa shape index (κ3) is 4.53. The normalized spacial score (nSPS) is 24.2. The summed E-state index contributed by atoms with van der Waals surface area (Å²) < 4.78 is 0. The summed E-state index contributed by atoms with van der Waals surface area (Å²) in [6, 6.07) is 4.22. The van der Waals surface area contributed by atoms with Crippen molar-refractivity contribution in [3.63, 3.8) is 0 Å². The molecule has 0 aromatic carbocycles. The van der Waals surface area contributed by atoms with Crippen LogP contribution in [0.5, 0.6) is 0 Å². The molecule has 2 aliphatic heterocycles. The van der Waals surface area contributed by atoms with Crippen molar-refractivity contribution in [1.82, 2.24) is 19.8 Å². The number of carbonyl (C=O) groups excluding carboxylic acids is 1. The molecule has 1 fully saturated rings. The van der Waals surface area contributed by atoms with Crippen molar-refractivity contribution in [1.29, 1.82) is 0 Å². The highest BCUT2D eigenvalue weighted by atomic mass is 32.1. The van der Waals surface area contributed by atoms with Crippen molar-refractivity contribution >= 4 is 17.2 Å². The van der Waals surface area contributed by atoms with Crippen LogP contribution in [0.4, 0.5) is 0 Å². The van der Waals surface area contributed by atoms with Gasteiger partial charge in [-0.1, -0.05) is 18.2 Å². The number of nitrogens with one attached hydrogen (secondary N) is 1. The van der Waals surface area contributed by atoms with Crippen LogP contribution in [-0.2, 0) is 24.3 Å². The molecular formula is C24H30N4O2S. The molecule has 7 heteroatoms. The minimum atomic E-state index is -0.00301. The van der Waals surface area contributed by atoms with Crippen LogP contribution in [0.1, 0.15) is 60.0 Å². The number of hydrogen-bond donors (Lipinski definition) is 1. The first-order chi connectivity index (χ1) is 15.2. The summed E-state index contributed by atoms with van der Waals surface area (Å²) in [5.74, 6) is 1.29. The Bertz CT molecular complexity index is 1010. The lowest BCUT2D eigenvalue weighted by Gasteiger charge is -2.35. The number of amides is 1. The maximum absolute atomic E-state index is 13.0. The smallest absolute Gasteiger partial charge is 0.255 e. The van der Waals surface area contributed by atoms with Gasteiger partial charge in [-0.25, -0.2) is 4.98 Å². The fourth-order valence-corrected chi connectivity index (χ4v) is 5.87. The molecule has 2 unspecified atom stereocenters. The second kappa shape index (κ2) is 9.09. The van der Waals surface area contributed by atoms with Crippen molar-refractivity contribution in [2.45, 2.75) is 57.5 Å². The topological polar surface area (TPSA) is 69.3 Å². The summed E-state index contributed by atoms with van der Waals surface area (Å²) in [4.78, 5) is 39.6. The Morgan fingerprint density at radius 2 is 2.19 bits per heavy atom. The number of aromatic amines is 1. The SMILES string of the molecule is O=C(C1CC=CCC1)N1CCCC(c2nc3c(c(=O)[nH]2)CN(Cc2cccs2)CC3)C1. The van der Waals surface area contributed by atoms with Gasteiger partial charge in [0.1, 0.15) is 5.82 Å². The lowest BCUT2D eigenvalue weighted by molar-refractivity contribution is -0.137. The molecule has 1 N–H and O–H groups in total. The molecule has 0 bridgehead atoms. The highest BCUT2D eigenvalue weighted by molar-refractivity contribution is 7.09. The van der Waals surface area contributed by atoms with Gasteiger partial charge in [-0.2, -0.15) is 0 Å². The van der Waals surface area contributed by atoms with Gasteiger partial charge in [0.25, 0.3) is 5.56 Å². The average molecular weight is 439 g/mol. The van der Waals surface area contributed by atoms with Crippen molar-refractivity contribution in [2.24, 2.45) is 5.92 Å². The predicted octanol–water partition coefficient (Wildman–Crippen LogP) is 3.45. The number of nitrogens with zero attached hydrogens (tertiary/aromatic N) is 3. The predicted molar refractivity (Wildman–Crippen MR) is 122 cm³/mol. The summed E-state index contributed by atoms with van der Waals surface area (Å²) >= 11 is 1.76. The average Bonchev–Trinajstić information content (AvgIpc) is 3.32. The first kappa shape index (κ1) is 20.6. The maximum atomic E-state index is 13.0. The van der Waals surface area contributed by atoms with Gasteiger partial charge in [-0.3, -0.25) is 14.5 Å². The summed E-state index contributed by atoms with van der Waals surface area (Å²) in [6.45, 7) is 3.95. The third-order valence-corrected chi connectivity index (χ3v) is 7.72. The summed E-state index contributed by atoms with van der Waals surface area (Å²) in [5.41, 5.74) is 1.75. The molecule has 0 saturated carbocycles. The molecule has 0 spiro atoms. The van der Waals surface area contributed by atoms with Gasteiger partial charge in [0.15, 0.2) is 0 Å². The molecule has 4 heterocycles. The Balaban J connectivity index is 1.29. The van der Waals surface area contributed by atoms with E-state index in [1.54, 1.807) is 11.3 Å². The van der Waals surface area contributed by atoms with Gasteiger partial charge in [0.05, 0.1) is 11.3 Å². The molecule has 2 aromatic heterocycles. The lowest BCUT2D eigenvalue weighted by Crippen LogP contribution is -2.43. The Morgan fingerprint density at radius 3 is 3.00 bits per heavy atom. The van der Waals surface area contributed by atoms with Crippen LogP contribution < -0.4 is 5.56 Å². The lowest BCUT2D eigenvalue weighted by atomic mass is 9.90. The van der Waals surface area contributed by atoms with E-state index in [0.29, 0.717) is 13.1 Å². The molecular weight excluding hydrogens is 408 g/mol. The van der Waals surface area contributed by atoms with Gasteiger partial charge < -0.3 is 9.88 Å². The Labute approximate surface area is 187 Å². The number of rotatable bonds is 4. The summed E-state index contributed by atoms with van der Waals surface area (Å²) in [5, 5.41) is 2.09. The van der Waals surface area contributed by atoms with Crippen LogP contribution in [0.2, 0.25) is 0 Å². The first-order valence-corrected chi connectivity index (χ1v) is 12.4. The van der Waals surface area contributed by atoms with Crippen LogP contribution in [0.3, 0.4) is 0 Å². The summed E-state index contributed by atoms with van der Waals surface area (Å²) in [7, 11) is 0. The zero-order valence-electron chi connectivity index (χ0n) is 17.9. The van der Waals surface area contributed by atoms with Crippen molar-refractivity contribution < 1.29 is 4.79 Å².